The number of carbonyl (C=O) groups excluding carboxylic acids is 2. The van der Waals surface area contributed by atoms with Crippen molar-refractivity contribution in [2.24, 2.45) is 0 Å². The van der Waals surface area contributed by atoms with Gasteiger partial charge >= 0.3 is 0 Å². The second kappa shape index (κ2) is 19.7. The predicted octanol–water partition coefficient (Wildman–Crippen LogP) is 13.0. The summed E-state index contributed by atoms with van der Waals surface area (Å²) in [6, 6.07) is 58.2. The first-order chi connectivity index (χ1) is 29.3. The highest BCUT2D eigenvalue weighted by atomic mass is 79.9. The topological polar surface area (TPSA) is 100 Å². The van der Waals surface area contributed by atoms with Gasteiger partial charge in [0.1, 0.15) is 23.0 Å². The Hall–Kier alpha value is -6.84. The van der Waals surface area contributed by atoms with Crippen LogP contribution in [0.15, 0.2) is 202 Å². The van der Waals surface area contributed by atoms with Gasteiger partial charge in [0.25, 0.3) is 0 Å². The van der Waals surface area contributed by atoms with Crippen molar-refractivity contribution < 1.29 is 19.1 Å². The summed E-state index contributed by atoms with van der Waals surface area (Å²) < 4.78 is 14.5. The number of hydrogen-bond acceptors (Lipinski definition) is 6. The molecule has 0 spiro atoms. The molecule has 0 N–H and O–H groups in total. The molecule has 292 valence electrons. The van der Waals surface area contributed by atoms with Gasteiger partial charge in [0.15, 0.2) is 11.6 Å². The Balaban J connectivity index is 0.000000181. The number of benzene rings is 6. The molecule has 8 rings (SSSR count). The molecule has 0 fully saturated rings. The van der Waals surface area contributed by atoms with Crippen molar-refractivity contribution in [3.05, 3.63) is 235 Å². The van der Waals surface area contributed by atoms with Crippen LogP contribution < -0.4 is 0 Å². The molecular weight excluding hydrogens is 876 g/mol. The van der Waals surface area contributed by atoms with Crippen LogP contribution in [0.25, 0.3) is 23.0 Å². The number of nitriles is 2. The van der Waals surface area contributed by atoms with Gasteiger partial charge in [-0.1, -0.05) is 177 Å². The van der Waals surface area contributed by atoms with E-state index in [0.717, 1.165) is 42.3 Å². The highest BCUT2D eigenvalue weighted by Crippen LogP contribution is 2.41. The Morgan fingerprint density at radius 2 is 0.733 bits per heavy atom. The van der Waals surface area contributed by atoms with Crippen LogP contribution in [0.5, 0.6) is 0 Å². The highest BCUT2D eigenvalue weighted by Gasteiger charge is 2.30. The smallest absolute Gasteiger partial charge is 0.160 e. The van der Waals surface area contributed by atoms with E-state index in [4.69, 9.17) is 9.47 Å². The molecule has 0 aromatic heterocycles. The number of hydrogen-bond donors (Lipinski definition) is 0. The van der Waals surface area contributed by atoms with E-state index in [1.165, 1.54) is 12.2 Å². The predicted molar refractivity (Wildman–Crippen MR) is 242 cm³/mol. The second-order valence-electron chi connectivity index (χ2n) is 13.9. The SMILES string of the molecule is N#C/C1=C(\c2ccccc2)O/C(c2ccccc2)=C\C(=O)C[C@H]1c1ccc(Br)cc1.N#C/C1=C(\c2ccccc2)O/C(c2ccccc2)=C\C(=O)C[C@H]1c1ccc(Br)cc1. The largest absolute Gasteiger partial charge is 0.455 e. The number of ether oxygens (including phenoxy) is 2. The number of ketones is 2. The Morgan fingerprint density at radius 1 is 0.433 bits per heavy atom. The molecule has 6 nitrogen and oxygen atoms in total. The molecule has 0 amide bonds. The van der Waals surface area contributed by atoms with Crippen molar-refractivity contribution in [2.75, 3.05) is 0 Å². The third-order valence-electron chi connectivity index (χ3n) is 9.98. The van der Waals surface area contributed by atoms with Crippen LogP contribution in [0.3, 0.4) is 0 Å². The summed E-state index contributed by atoms with van der Waals surface area (Å²) in [5.74, 6) is 0.909. The van der Waals surface area contributed by atoms with Crippen LogP contribution in [-0.4, -0.2) is 11.6 Å². The van der Waals surface area contributed by atoms with Gasteiger partial charge in [0, 0.05) is 68.0 Å². The van der Waals surface area contributed by atoms with Gasteiger partial charge < -0.3 is 9.47 Å². The van der Waals surface area contributed by atoms with E-state index in [9.17, 15) is 20.1 Å². The molecule has 2 aliphatic heterocycles. The van der Waals surface area contributed by atoms with Crippen LogP contribution in [0, 0.1) is 22.7 Å². The molecule has 0 bridgehead atoms. The maximum atomic E-state index is 12.9. The summed E-state index contributed by atoms with van der Waals surface area (Å²) in [6.45, 7) is 0. The minimum Gasteiger partial charge on any atom is -0.455 e. The molecule has 2 heterocycles. The van der Waals surface area contributed by atoms with Crippen LogP contribution >= 0.6 is 31.9 Å². The Labute approximate surface area is 366 Å². The summed E-state index contributed by atoms with van der Waals surface area (Å²) in [4.78, 5) is 25.8. The standard InChI is InChI=1S/2C26H18BrNO2/c2*27-21-13-11-18(12-14-21)23-15-22(29)16-25(19-7-3-1-4-8-19)30-26(24(23)17-28)20-9-5-2-6-10-20/h2*1-14,16,23H,15H2/b2*25-16-,26-24-/t2*23-/m00/s1. The molecule has 0 aliphatic carbocycles. The van der Waals surface area contributed by atoms with Crippen LogP contribution in [-0.2, 0) is 19.1 Å². The molecular formula is C52H36Br2N2O4. The fraction of sp³-hybridized carbons (Fsp3) is 0.0769. The van der Waals surface area contributed by atoms with Crippen LogP contribution in [0.4, 0.5) is 0 Å². The zero-order valence-electron chi connectivity index (χ0n) is 32.2. The monoisotopic (exact) mass is 910 g/mol. The van der Waals surface area contributed by atoms with Crippen molar-refractivity contribution in [1.29, 1.82) is 10.5 Å². The molecule has 6 aromatic carbocycles. The molecule has 0 saturated carbocycles. The van der Waals surface area contributed by atoms with E-state index in [1.807, 2.05) is 170 Å². The van der Waals surface area contributed by atoms with Gasteiger partial charge in [0.05, 0.1) is 23.3 Å². The minimum absolute atomic E-state index is 0.0818. The summed E-state index contributed by atoms with van der Waals surface area (Å²) in [6.07, 6.45) is 3.47. The Morgan fingerprint density at radius 3 is 1.03 bits per heavy atom. The van der Waals surface area contributed by atoms with E-state index in [-0.39, 0.29) is 36.2 Å². The van der Waals surface area contributed by atoms with E-state index >= 15 is 0 Å². The summed E-state index contributed by atoms with van der Waals surface area (Å²) in [5, 5.41) is 20.3. The van der Waals surface area contributed by atoms with Gasteiger partial charge in [-0.05, 0) is 35.4 Å². The molecule has 0 saturated heterocycles. The number of carbonyl (C=O) groups is 2. The molecule has 2 atom stereocenters. The number of allylic oxidation sites excluding steroid dienone is 4. The zero-order chi connectivity index (χ0) is 41.8. The van der Waals surface area contributed by atoms with E-state index < -0.39 is 0 Å². The lowest BCUT2D eigenvalue weighted by Crippen LogP contribution is -2.14. The number of halogens is 2. The maximum Gasteiger partial charge on any atom is 0.160 e. The molecule has 8 heteroatoms. The fourth-order valence-electron chi connectivity index (χ4n) is 7.04. The highest BCUT2D eigenvalue weighted by molar-refractivity contribution is 9.10. The van der Waals surface area contributed by atoms with Gasteiger partial charge in [-0.25, -0.2) is 0 Å². The average molecular weight is 913 g/mol. The van der Waals surface area contributed by atoms with Crippen molar-refractivity contribution in [1.82, 2.24) is 0 Å². The lowest BCUT2D eigenvalue weighted by Gasteiger charge is -2.23. The van der Waals surface area contributed by atoms with Crippen LogP contribution in [0.2, 0.25) is 0 Å². The van der Waals surface area contributed by atoms with E-state index in [2.05, 4.69) is 44.0 Å². The van der Waals surface area contributed by atoms with E-state index in [1.54, 1.807) is 0 Å². The quantitative estimate of drug-likeness (QED) is 0.165. The van der Waals surface area contributed by atoms with E-state index in [0.29, 0.717) is 34.2 Å². The van der Waals surface area contributed by atoms with Gasteiger partial charge in [-0.3, -0.25) is 9.59 Å². The number of nitrogens with zero attached hydrogens (tertiary/aromatic N) is 2. The first-order valence-electron chi connectivity index (χ1n) is 19.2. The summed E-state index contributed by atoms with van der Waals surface area (Å²) in [7, 11) is 0. The first kappa shape index (κ1) is 41.3. The maximum absolute atomic E-state index is 12.9. The lowest BCUT2D eigenvalue weighted by molar-refractivity contribution is -0.115. The van der Waals surface area contributed by atoms with Gasteiger partial charge in [0.2, 0.25) is 0 Å². The summed E-state index contributed by atoms with van der Waals surface area (Å²) >= 11 is 6.89. The van der Waals surface area contributed by atoms with Crippen molar-refractivity contribution in [3.63, 3.8) is 0 Å². The third kappa shape index (κ3) is 10.1. The zero-order valence-corrected chi connectivity index (χ0v) is 35.3. The first-order valence-corrected chi connectivity index (χ1v) is 20.8. The molecule has 0 radical (unpaired) electrons. The normalized spacial score (nSPS) is 20.9. The third-order valence-corrected chi connectivity index (χ3v) is 11.0. The fourth-order valence-corrected chi connectivity index (χ4v) is 7.56. The summed E-state index contributed by atoms with van der Waals surface area (Å²) in [5.41, 5.74) is 5.86. The molecule has 6 aromatic rings. The molecule has 2 aliphatic rings. The van der Waals surface area contributed by atoms with Crippen LogP contribution in [0.1, 0.15) is 58.1 Å². The second-order valence-corrected chi connectivity index (χ2v) is 15.8. The molecule has 60 heavy (non-hydrogen) atoms. The lowest BCUT2D eigenvalue weighted by atomic mass is 9.84. The van der Waals surface area contributed by atoms with Gasteiger partial charge in [-0.15, -0.1) is 0 Å². The Bertz CT molecular complexity index is 2500. The molecule has 0 unspecified atom stereocenters. The Kier molecular flexibility index (Phi) is 13.6. The van der Waals surface area contributed by atoms with Crippen molar-refractivity contribution in [3.8, 4) is 12.1 Å². The van der Waals surface area contributed by atoms with Crippen molar-refractivity contribution >= 4 is 66.5 Å². The minimum atomic E-state index is -0.389. The number of rotatable bonds is 6. The van der Waals surface area contributed by atoms with Crippen molar-refractivity contribution in [2.45, 2.75) is 24.7 Å². The average Bonchev–Trinajstić information content (AvgIpc) is 3.28. The van der Waals surface area contributed by atoms with Gasteiger partial charge in [-0.2, -0.15) is 10.5 Å².